The van der Waals surface area contributed by atoms with E-state index in [1.807, 2.05) is 29.1 Å². The minimum atomic E-state index is -0.429. The van der Waals surface area contributed by atoms with Gasteiger partial charge in [0.1, 0.15) is 23.1 Å². The molecule has 0 atom stereocenters. The van der Waals surface area contributed by atoms with E-state index >= 15 is 0 Å². The van der Waals surface area contributed by atoms with Gasteiger partial charge in [0.25, 0.3) is 0 Å². The van der Waals surface area contributed by atoms with Crippen LogP contribution in [-0.2, 0) is 0 Å². The molecule has 0 saturated carbocycles. The van der Waals surface area contributed by atoms with Gasteiger partial charge in [-0.05, 0) is 61.5 Å². The van der Waals surface area contributed by atoms with E-state index in [4.69, 9.17) is 21.1 Å². The van der Waals surface area contributed by atoms with Crippen LogP contribution < -0.4 is 20.1 Å². The van der Waals surface area contributed by atoms with Gasteiger partial charge in [-0.25, -0.2) is 9.78 Å². The summed E-state index contributed by atoms with van der Waals surface area (Å²) in [5.41, 5.74) is 1.05. The molecule has 0 saturated heterocycles. The third-order valence-corrected chi connectivity index (χ3v) is 4.65. The number of aryl methyl sites for hydroxylation is 1. The molecule has 162 valence electrons. The standard InChI is InChI=1S/C23H20ClN5O3/c1-15-25-21(29-11-3-4-12-29)14-22(26-15)32-18-8-6-17(7-9-18)27-23(30)28-19-13-16(24)5-10-20(19)31-2/h3-14H,1-2H3,(H2,27,28,30). The number of hydrogen-bond donors (Lipinski definition) is 2. The fraction of sp³-hybridized carbons (Fsp3) is 0.0870. The van der Waals surface area contributed by atoms with Crippen LogP contribution in [0.15, 0.2) is 73.1 Å². The van der Waals surface area contributed by atoms with E-state index in [0.29, 0.717) is 45.4 Å². The first-order valence-electron chi connectivity index (χ1n) is 9.68. The molecule has 0 fully saturated rings. The second kappa shape index (κ2) is 9.40. The summed E-state index contributed by atoms with van der Waals surface area (Å²) in [6, 6.07) is 17.1. The van der Waals surface area contributed by atoms with Gasteiger partial charge in [0.2, 0.25) is 5.88 Å². The van der Waals surface area contributed by atoms with Crippen molar-refractivity contribution in [3.05, 3.63) is 83.9 Å². The number of methoxy groups -OCH3 is 1. The molecule has 4 aromatic rings. The van der Waals surface area contributed by atoms with Crippen LogP contribution in [0.1, 0.15) is 5.82 Å². The highest BCUT2D eigenvalue weighted by atomic mass is 35.5. The molecule has 0 bridgehead atoms. The zero-order valence-electron chi connectivity index (χ0n) is 17.4. The third-order valence-electron chi connectivity index (χ3n) is 4.41. The van der Waals surface area contributed by atoms with Crippen molar-refractivity contribution >= 4 is 29.0 Å². The minimum absolute atomic E-state index is 0.424. The largest absolute Gasteiger partial charge is 0.495 e. The topological polar surface area (TPSA) is 90.3 Å². The number of benzene rings is 2. The van der Waals surface area contributed by atoms with Crippen molar-refractivity contribution < 1.29 is 14.3 Å². The molecule has 0 spiro atoms. The molecule has 9 heteroatoms. The lowest BCUT2D eigenvalue weighted by Gasteiger charge is -2.12. The highest BCUT2D eigenvalue weighted by molar-refractivity contribution is 6.31. The number of amides is 2. The first kappa shape index (κ1) is 21.2. The van der Waals surface area contributed by atoms with E-state index in [2.05, 4.69) is 20.6 Å². The van der Waals surface area contributed by atoms with E-state index in [1.54, 1.807) is 55.5 Å². The summed E-state index contributed by atoms with van der Waals surface area (Å²) >= 11 is 6.00. The highest BCUT2D eigenvalue weighted by Crippen LogP contribution is 2.28. The molecule has 0 radical (unpaired) electrons. The van der Waals surface area contributed by atoms with Gasteiger partial charge < -0.3 is 24.7 Å². The molecule has 0 aliphatic carbocycles. The van der Waals surface area contributed by atoms with E-state index < -0.39 is 6.03 Å². The van der Waals surface area contributed by atoms with Crippen LogP contribution in [0.5, 0.6) is 17.4 Å². The lowest BCUT2D eigenvalue weighted by molar-refractivity contribution is 0.262. The van der Waals surface area contributed by atoms with E-state index in [0.717, 1.165) is 0 Å². The van der Waals surface area contributed by atoms with Gasteiger partial charge in [-0.1, -0.05) is 11.6 Å². The fourth-order valence-corrected chi connectivity index (χ4v) is 3.16. The van der Waals surface area contributed by atoms with E-state index in [9.17, 15) is 4.79 Å². The average molecular weight is 450 g/mol. The number of anilines is 2. The van der Waals surface area contributed by atoms with E-state index in [1.165, 1.54) is 7.11 Å². The van der Waals surface area contributed by atoms with Gasteiger partial charge in [-0.3, -0.25) is 0 Å². The number of halogens is 1. The maximum atomic E-state index is 12.4. The predicted molar refractivity (Wildman–Crippen MR) is 123 cm³/mol. The first-order valence-corrected chi connectivity index (χ1v) is 10.1. The SMILES string of the molecule is COc1ccc(Cl)cc1NC(=O)Nc1ccc(Oc2cc(-n3cccc3)nc(C)n2)cc1. The minimum Gasteiger partial charge on any atom is -0.495 e. The van der Waals surface area contributed by atoms with Crippen LogP contribution in [0.3, 0.4) is 0 Å². The predicted octanol–water partition coefficient (Wildman–Crippen LogP) is 5.67. The lowest BCUT2D eigenvalue weighted by Crippen LogP contribution is -2.19. The molecule has 2 heterocycles. The Morgan fingerprint density at radius 3 is 2.47 bits per heavy atom. The van der Waals surface area contributed by atoms with Crippen molar-refractivity contribution in [2.24, 2.45) is 0 Å². The number of aromatic nitrogens is 3. The van der Waals surface area contributed by atoms with E-state index in [-0.39, 0.29) is 0 Å². The van der Waals surface area contributed by atoms with Crippen molar-refractivity contribution in [2.75, 3.05) is 17.7 Å². The van der Waals surface area contributed by atoms with Gasteiger partial charge in [0.05, 0.1) is 12.8 Å². The van der Waals surface area contributed by atoms with Gasteiger partial charge in [0, 0.05) is 29.2 Å². The maximum Gasteiger partial charge on any atom is 0.323 e. The number of carbonyl (C=O) groups is 1. The Morgan fingerprint density at radius 1 is 1.00 bits per heavy atom. The summed E-state index contributed by atoms with van der Waals surface area (Å²) in [6.07, 6.45) is 3.80. The molecule has 0 aliphatic rings. The summed E-state index contributed by atoms with van der Waals surface area (Å²) in [6.45, 7) is 1.81. The van der Waals surface area contributed by atoms with Gasteiger partial charge in [-0.15, -0.1) is 0 Å². The van der Waals surface area contributed by atoms with Crippen LogP contribution in [-0.4, -0.2) is 27.7 Å². The Morgan fingerprint density at radius 2 is 1.75 bits per heavy atom. The molecule has 2 N–H and O–H groups in total. The number of rotatable bonds is 6. The Kier molecular flexibility index (Phi) is 6.23. The number of hydrogen-bond acceptors (Lipinski definition) is 5. The van der Waals surface area contributed by atoms with Crippen LogP contribution in [0.2, 0.25) is 5.02 Å². The van der Waals surface area contributed by atoms with Crippen molar-refractivity contribution in [1.82, 2.24) is 14.5 Å². The molecule has 32 heavy (non-hydrogen) atoms. The zero-order chi connectivity index (χ0) is 22.5. The summed E-state index contributed by atoms with van der Waals surface area (Å²) in [4.78, 5) is 21.1. The van der Waals surface area contributed by atoms with Crippen molar-refractivity contribution in [1.29, 1.82) is 0 Å². The average Bonchev–Trinajstić information content (AvgIpc) is 3.30. The Hall–Kier alpha value is -4.04. The van der Waals surface area contributed by atoms with Crippen LogP contribution in [0, 0.1) is 6.92 Å². The Balaban J connectivity index is 1.42. The molecule has 0 aliphatic heterocycles. The zero-order valence-corrected chi connectivity index (χ0v) is 18.1. The second-order valence-electron chi connectivity index (χ2n) is 6.75. The monoisotopic (exact) mass is 449 g/mol. The van der Waals surface area contributed by atoms with Crippen molar-refractivity contribution in [3.63, 3.8) is 0 Å². The summed E-state index contributed by atoms with van der Waals surface area (Å²) in [5, 5.41) is 5.97. The second-order valence-corrected chi connectivity index (χ2v) is 7.19. The summed E-state index contributed by atoms with van der Waals surface area (Å²) in [7, 11) is 1.52. The number of nitrogens with one attached hydrogen (secondary N) is 2. The lowest BCUT2D eigenvalue weighted by atomic mass is 10.3. The van der Waals surface area contributed by atoms with Crippen LogP contribution in [0.25, 0.3) is 5.82 Å². The van der Waals surface area contributed by atoms with Crippen molar-refractivity contribution in [3.8, 4) is 23.2 Å². The van der Waals surface area contributed by atoms with Crippen LogP contribution in [0.4, 0.5) is 16.2 Å². The highest BCUT2D eigenvalue weighted by Gasteiger charge is 2.10. The first-order chi connectivity index (χ1) is 15.5. The Bertz CT molecular complexity index is 1230. The van der Waals surface area contributed by atoms with Gasteiger partial charge in [0.15, 0.2) is 0 Å². The molecular weight excluding hydrogens is 430 g/mol. The molecule has 0 unspecified atom stereocenters. The van der Waals surface area contributed by atoms with Crippen LogP contribution >= 0.6 is 11.6 Å². The molecule has 4 rings (SSSR count). The normalized spacial score (nSPS) is 10.5. The maximum absolute atomic E-state index is 12.4. The third kappa shape index (κ3) is 5.16. The molecular formula is C23H20ClN5O3. The Labute approximate surface area is 189 Å². The number of nitrogens with zero attached hydrogens (tertiary/aromatic N) is 3. The van der Waals surface area contributed by atoms with Crippen molar-refractivity contribution in [2.45, 2.75) is 6.92 Å². The van der Waals surface area contributed by atoms with Gasteiger partial charge >= 0.3 is 6.03 Å². The quantitative estimate of drug-likeness (QED) is 0.395. The molecule has 8 nitrogen and oxygen atoms in total. The summed E-state index contributed by atoms with van der Waals surface area (Å²) in [5.74, 6) is 2.81. The fourth-order valence-electron chi connectivity index (χ4n) is 2.99. The van der Waals surface area contributed by atoms with Gasteiger partial charge in [-0.2, -0.15) is 4.98 Å². The molecule has 2 amide bonds. The number of urea groups is 1. The number of carbonyl (C=O) groups excluding carboxylic acids is 1. The number of ether oxygens (including phenoxy) is 2. The summed E-state index contributed by atoms with van der Waals surface area (Å²) < 4.78 is 13.0. The molecule has 2 aromatic carbocycles. The molecule has 2 aromatic heterocycles. The smallest absolute Gasteiger partial charge is 0.323 e.